The molecule has 5 nitrogen and oxygen atoms in total. The maximum absolute atomic E-state index is 11.5. The molecule has 5 heteroatoms. The number of carbonyl (C=O) groups excluding carboxylic acids is 2. The summed E-state index contributed by atoms with van der Waals surface area (Å²) in [6.07, 6.45) is 3.28. The van der Waals surface area contributed by atoms with Crippen molar-refractivity contribution in [2.24, 2.45) is 5.92 Å². The molecule has 0 atom stereocenters. The van der Waals surface area contributed by atoms with E-state index < -0.39 is 5.60 Å². The van der Waals surface area contributed by atoms with Crippen LogP contribution in [0.15, 0.2) is 0 Å². The fourth-order valence-electron chi connectivity index (χ4n) is 1.99. The van der Waals surface area contributed by atoms with Crippen LogP contribution in [0.25, 0.3) is 0 Å². The van der Waals surface area contributed by atoms with E-state index in [0.717, 1.165) is 25.7 Å². The second kappa shape index (κ2) is 4.78. The third-order valence-corrected chi connectivity index (χ3v) is 3.15. The third-order valence-electron chi connectivity index (χ3n) is 3.15. The molecule has 0 radical (unpaired) electrons. The Kier molecular flexibility index (Phi) is 3.50. The Bertz CT molecular complexity index is 339. The van der Waals surface area contributed by atoms with Gasteiger partial charge in [-0.25, -0.2) is 4.79 Å². The van der Waals surface area contributed by atoms with E-state index in [4.69, 9.17) is 4.74 Å². The molecule has 0 unspecified atom stereocenters. The van der Waals surface area contributed by atoms with E-state index in [-0.39, 0.29) is 30.0 Å². The van der Waals surface area contributed by atoms with Gasteiger partial charge >= 0.3 is 6.09 Å². The number of nitrogens with one attached hydrogen (secondary N) is 2. The van der Waals surface area contributed by atoms with Gasteiger partial charge in [0.15, 0.2) is 0 Å². The van der Waals surface area contributed by atoms with Gasteiger partial charge in [-0.1, -0.05) is 0 Å². The average molecular weight is 254 g/mol. The molecule has 0 heterocycles. The topological polar surface area (TPSA) is 67.4 Å². The van der Waals surface area contributed by atoms with Crippen LogP contribution in [0.3, 0.4) is 0 Å². The lowest BCUT2D eigenvalue weighted by atomic mass is 9.86. The Morgan fingerprint density at radius 1 is 1.06 bits per heavy atom. The lowest BCUT2D eigenvalue weighted by Crippen LogP contribution is -2.54. The molecule has 2 aliphatic rings. The summed E-state index contributed by atoms with van der Waals surface area (Å²) in [6.45, 7) is 5.52. The molecular formula is C13H22N2O3. The highest BCUT2D eigenvalue weighted by Crippen LogP contribution is 2.30. The number of ether oxygens (including phenoxy) is 1. The minimum atomic E-state index is -0.465. The van der Waals surface area contributed by atoms with Gasteiger partial charge in [-0.3, -0.25) is 4.79 Å². The SMILES string of the molecule is CC(C)(C)OC(=O)NC1CC(NC(=O)C2CC2)C1. The first-order chi connectivity index (χ1) is 8.33. The van der Waals surface area contributed by atoms with Gasteiger partial charge in [0.05, 0.1) is 0 Å². The van der Waals surface area contributed by atoms with Gasteiger partial charge in [-0.2, -0.15) is 0 Å². The fourth-order valence-corrected chi connectivity index (χ4v) is 1.99. The second-order valence-electron chi connectivity index (χ2n) is 6.29. The molecule has 0 aliphatic heterocycles. The van der Waals surface area contributed by atoms with Crippen LogP contribution in [0.1, 0.15) is 46.5 Å². The molecule has 18 heavy (non-hydrogen) atoms. The molecule has 102 valence electrons. The molecule has 2 aliphatic carbocycles. The highest BCUT2D eigenvalue weighted by Gasteiger charge is 2.36. The largest absolute Gasteiger partial charge is 0.444 e. The van der Waals surface area contributed by atoms with Crippen LogP contribution in [0.4, 0.5) is 4.79 Å². The van der Waals surface area contributed by atoms with Gasteiger partial charge in [0, 0.05) is 18.0 Å². The lowest BCUT2D eigenvalue weighted by Gasteiger charge is -2.36. The van der Waals surface area contributed by atoms with Crippen molar-refractivity contribution in [2.45, 2.75) is 64.1 Å². The Labute approximate surface area is 108 Å². The smallest absolute Gasteiger partial charge is 0.407 e. The van der Waals surface area contributed by atoms with Crippen LogP contribution >= 0.6 is 0 Å². The van der Waals surface area contributed by atoms with E-state index in [1.165, 1.54) is 0 Å². The van der Waals surface area contributed by atoms with Gasteiger partial charge in [0.2, 0.25) is 5.91 Å². The van der Waals surface area contributed by atoms with Crippen LogP contribution < -0.4 is 10.6 Å². The predicted octanol–water partition coefficient (Wildman–Crippen LogP) is 1.57. The van der Waals surface area contributed by atoms with Gasteiger partial charge < -0.3 is 15.4 Å². The van der Waals surface area contributed by atoms with E-state index in [2.05, 4.69) is 10.6 Å². The summed E-state index contributed by atoms with van der Waals surface area (Å²) in [5, 5.41) is 5.81. The summed E-state index contributed by atoms with van der Waals surface area (Å²) in [6, 6.07) is 0.349. The van der Waals surface area contributed by atoms with Crippen LogP contribution in [-0.2, 0) is 9.53 Å². The molecule has 0 spiro atoms. The molecule has 2 amide bonds. The van der Waals surface area contributed by atoms with Gasteiger partial charge in [0.1, 0.15) is 5.60 Å². The number of rotatable bonds is 3. The zero-order valence-corrected chi connectivity index (χ0v) is 11.3. The Morgan fingerprint density at radius 2 is 1.61 bits per heavy atom. The predicted molar refractivity (Wildman–Crippen MR) is 67.0 cm³/mol. The zero-order valence-electron chi connectivity index (χ0n) is 11.3. The minimum Gasteiger partial charge on any atom is -0.444 e. The van der Waals surface area contributed by atoms with Crippen LogP contribution in [-0.4, -0.2) is 29.7 Å². The highest BCUT2D eigenvalue weighted by molar-refractivity contribution is 5.81. The first-order valence-electron chi connectivity index (χ1n) is 6.63. The van der Waals surface area contributed by atoms with E-state index in [0.29, 0.717) is 0 Å². The van der Waals surface area contributed by atoms with Gasteiger partial charge in [-0.15, -0.1) is 0 Å². The standard InChI is InChI=1S/C13H22N2O3/c1-13(2,3)18-12(17)15-10-6-9(7-10)14-11(16)8-4-5-8/h8-10H,4-7H2,1-3H3,(H,14,16)(H,15,17). The van der Waals surface area contributed by atoms with E-state index in [1.807, 2.05) is 20.8 Å². The molecule has 2 N–H and O–H groups in total. The Balaban J connectivity index is 1.60. The average Bonchev–Trinajstić information content (AvgIpc) is 2.93. The monoisotopic (exact) mass is 254 g/mol. The van der Waals surface area contributed by atoms with E-state index in [1.54, 1.807) is 0 Å². The highest BCUT2D eigenvalue weighted by atomic mass is 16.6. The molecule has 2 fully saturated rings. The van der Waals surface area contributed by atoms with Crippen LogP contribution in [0.2, 0.25) is 0 Å². The molecule has 0 bridgehead atoms. The van der Waals surface area contributed by atoms with Crippen molar-refractivity contribution < 1.29 is 14.3 Å². The van der Waals surface area contributed by atoms with Crippen molar-refractivity contribution in [3.8, 4) is 0 Å². The number of alkyl carbamates (subject to hydrolysis) is 1. The fraction of sp³-hybridized carbons (Fsp3) is 0.846. The molecule has 0 aromatic rings. The van der Waals surface area contributed by atoms with Crippen molar-refractivity contribution in [1.82, 2.24) is 10.6 Å². The number of amides is 2. The van der Waals surface area contributed by atoms with Crippen molar-refractivity contribution in [3.05, 3.63) is 0 Å². The Morgan fingerprint density at radius 3 is 2.11 bits per heavy atom. The lowest BCUT2D eigenvalue weighted by molar-refractivity contribution is -0.123. The summed E-state index contributed by atoms with van der Waals surface area (Å²) in [5.41, 5.74) is -0.465. The zero-order chi connectivity index (χ0) is 13.3. The Hall–Kier alpha value is -1.26. The van der Waals surface area contributed by atoms with Crippen LogP contribution in [0, 0.1) is 5.92 Å². The molecule has 0 saturated heterocycles. The molecular weight excluding hydrogens is 232 g/mol. The van der Waals surface area contributed by atoms with Crippen molar-refractivity contribution in [1.29, 1.82) is 0 Å². The number of hydrogen-bond donors (Lipinski definition) is 2. The number of hydrogen-bond acceptors (Lipinski definition) is 3. The van der Waals surface area contributed by atoms with E-state index in [9.17, 15) is 9.59 Å². The molecule has 2 rings (SSSR count). The maximum atomic E-state index is 11.5. The maximum Gasteiger partial charge on any atom is 0.407 e. The first-order valence-corrected chi connectivity index (χ1v) is 6.63. The molecule has 0 aromatic heterocycles. The van der Waals surface area contributed by atoms with E-state index >= 15 is 0 Å². The first kappa shape index (κ1) is 13.2. The van der Waals surface area contributed by atoms with Crippen molar-refractivity contribution in [3.63, 3.8) is 0 Å². The van der Waals surface area contributed by atoms with Gasteiger partial charge in [0.25, 0.3) is 0 Å². The third kappa shape index (κ3) is 3.89. The summed E-state index contributed by atoms with van der Waals surface area (Å²) in [7, 11) is 0. The minimum absolute atomic E-state index is 0.129. The second-order valence-corrected chi connectivity index (χ2v) is 6.29. The quantitative estimate of drug-likeness (QED) is 0.803. The van der Waals surface area contributed by atoms with Crippen LogP contribution in [0.5, 0.6) is 0 Å². The molecule has 0 aromatic carbocycles. The summed E-state index contributed by atoms with van der Waals surface area (Å²) in [5.74, 6) is 0.429. The van der Waals surface area contributed by atoms with Crippen molar-refractivity contribution >= 4 is 12.0 Å². The number of carbonyl (C=O) groups is 2. The normalized spacial score (nSPS) is 27.1. The van der Waals surface area contributed by atoms with Gasteiger partial charge in [-0.05, 0) is 46.5 Å². The summed E-state index contributed by atoms with van der Waals surface area (Å²) in [4.78, 5) is 23.0. The summed E-state index contributed by atoms with van der Waals surface area (Å²) >= 11 is 0. The van der Waals surface area contributed by atoms with Crippen molar-refractivity contribution in [2.75, 3.05) is 0 Å². The summed E-state index contributed by atoms with van der Waals surface area (Å²) < 4.78 is 5.17. The molecule has 2 saturated carbocycles.